The maximum Gasteiger partial charge on any atom is 0.271 e. The first-order valence-corrected chi connectivity index (χ1v) is 6.97. The van der Waals surface area contributed by atoms with Crippen LogP contribution in [0.2, 0.25) is 0 Å². The largest absolute Gasteiger partial charge is 0.494 e. The summed E-state index contributed by atoms with van der Waals surface area (Å²) in [5.41, 5.74) is -0.0259. The molecule has 2 aromatic rings. The van der Waals surface area contributed by atoms with Gasteiger partial charge in [0.25, 0.3) is 5.69 Å². The topological polar surface area (TPSA) is 81.5 Å². The van der Waals surface area contributed by atoms with Gasteiger partial charge < -0.3 is 10.1 Å². The first-order valence-electron chi connectivity index (χ1n) is 6.97. The zero-order chi connectivity index (χ0) is 17.7. The first-order chi connectivity index (χ1) is 11.4. The van der Waals surface area contributed by atoms with E-state index in [0.29, 0.717) is 5.56 Å². The molecule has 0 unspecified atom stereocenters. The number of nitro groups is 1. The molecule has 0 atom stereocenters. The zero-order valence-corrected chi connectivity index (χ0v) is 12.7. The molecular weight excluding hydrogens is 322 g/mol. The summed E-state index contributed by atoms with van der Waals surface area (Å²) in [6.45, 7) is 0. The van der Waals surface area contributed by atoms with Crippen LogP contribution >= 0.6 is 0 Å². The highest BCUT2D eigenvalue weighted by molar-refractivity contribution is 5.91. The van der Waals surface area contributed by atoms with Crippen LogP contribution < -0.4 is 10.1 Å². The van der Waals surface area contributed by atoms with Crippen LogP contribution in [-0.2, 0) is 11.2 Å². The van der Waals surface area contributed by atoms with E-state index in [1.807, 2.05) is 0 Å². The lowest BCUT2D eigenvalue weighted by molar-refractivity contribution is -0.384. The van der Waals surface area contributed by atoms with E-state index in [9.17, 15) is 23.7 Å². The van der Waals surface area contributed by atoms with Crippen molar-refractivity contribution in [2.45, 2.75) is 12.8 Å². The Labute approximate surface area is 136 Å². The van der Waals surface area contributed by atoms with E-state index >= 15 is 0 Å². The van der Waals surface area contributed by atoms with Gasteiger partial charge in [0, 0.05) is 18.6 Å². The van der Waals surface area contributed by atoms with Gasteiger partial charge >= 0.3 is 0 Å². The van der Waals surface area contributed by atoms with Crippen LogP contribution in [0.5, 0.6) is 5.75 Å². The van der Waals surface area contributed by atoms with Crippen molar-refractivity contribution >= 4 is 17.3 Å². The lowest BCUT2D eigenvalue weighted by atomic mass is 10.1. The van der Waals surface area contributed by atoms with Gasteiger partial charge in [-0.2, -0.15) is 0 Å². The summed E-state index contributed by atoms with van der Waals surface area (Å²) < 4.78 is 31.9. The number of hydrogen-bond donors (Lipinski definition) is 1. The highest BCUT2D eigenvalue weighted by Crippen LogP contribution is 2.22. The first kappa shape index (κ1) is 17.3. The van der Waals surface area contributed by atoms with Crippen molar-refractivity contribution in [3.05, 3.63) is 63.7 Å². The zero-order valence-electron chi connectivity index (χ0n) is 12.7. The summed E-state index contributed by atoms with van der Waals surface area (Å²) in [6, 6.07) is 7.17. The van der Waals surface area contributed by atoms with Crippen molar-refractivity contribution in [2.75, 3.05) is 12.4 Å². The van der Waals surface area contributed by atoms with E-state index in [-0.39, 0.29) is 30.0 Å². The molecule has 2 rings (SSSR count). The molecule has 0 saturated heterocycles. The Balaban J connectivity index is 2.00. The van der Waals surface area contributed by atoms with Gasteiger partial charge in [-0.05, 0) is 30.2 Å². The number of aryl methyl sites for hydroxylation is 1. The third kappa shape index (κ3) is 4.25. The number of ether oxygens (including phenoxy) is 1. The lowest BCUT2D eigenvalue weighted by Crippen LogP contribution is -2.13. The summed E-state index contributed by atoms with van der Waals surface area (Å²) in [6.07, 6.45) is 0.192. The molecule has 0 spiro atoms. The van der Waals surface area contributed by atoms with Gasteiger partial charge in [-0.3, -0.25) is 14.9 Å². The fourth-order valence-corrected chi connectivity index (χ4v) is 2.06. The Morgan fingerprint density at radius 3 is 2.58 bits per heavy atom. The van der Waals surface area contributed by atoms with E-state index in [1.165, 1.54) is 19.2 Å². The number of hydrogen-bond acceptors (Lipinski definition) is 4. The van der Waals surface area contributed by atoms with Gasteiger partial charge in [-0.1, -0.05) is 6.07 Å². The standard InChI is InChI=1S/C16H14F2N2O4/c1-24-15-6-2-10(8-13(15)18)3-7-16(21)19-14-9-11(20(22)23)4-5-12(14)17/h2,4-6,8-9H,3,7H2,1H3,(H,19,21). The molecule has 0 heterocycles. The highest BCUT2D eigenvalue weighted by Gasteiger charge is 2.13. The third-order valence-electron chi connectivity index (χ3n) is 3.29. The SMILES string of the molecule is COc1ccc(CCC(=O)Nc2cc([N+](=O)[O-])ccc2F)cc1F. The molecule has 1 amide bonds. The maximum atomic E-state index is 13.6. The maximum absolute atomic E-state index is 13.6. The Hall–Kier alpha value is -3.03. The summed E-state index contributed by atoms with van der Waals surface area (Å²) in [5, 5.41) is 12.9. The van der Waals surface area contributed by atoms with Gasteiger partial charge in [-0.15, -0.1) is 0 Å². The van der Waals surface area contributed by atoms with E-state index < -0.39 is 22.5 Å². The number of amides is 1. The van der Waals surface area contributed by atoms with Gasteiger partial charge in [0.05, 0.1) is 17.7 Å². The van der Waals surface area contributed by atoms with Crippen molar-refractivity contribution in [1.29, 1.82) is 0 Å². The summed E-state index contributed by atoms with van der Waals surface area (Å²) in [4.78, 5) is 21.8. The summed E-state index contributed by atoms with van der Waals surface area (Å²) in [5.74, 6) is -1.75. The fraction of sp³-hybridized carbons (Fsp3) is 0.188. The molecule has 0 aliphatic carbocycles. The third-order valence-corrected chi connectivity index (χ3v) is 3.29. The number of halogens is 2. The molecule has 126 valence electrons. The summed E-state index contributed by atoms with van der Waals surface area (Å²) >= 11 is 0. The predicted octanol–water partition coefficient (Wildman–Crippen LogP) is 3.45. The van der Waals surface area contributed by atoms with Crippen LogP contribution in [0, 0.1) is 21.7 Å². The van der Waals surface area contributed by atoms with E-state index in [0.717, 1.165) is 18.2 Å². The lowest BCUT2D eigenvalue weighted by Gasteiger charge is -2.07. The average Bonchev–Trinajstić information content (AvgIpc) is 2.55. The second-order valence-corrected chi connectivity index (χ2v) is 4.94. The molecule has 6 nitrogen and oxygen atoms in total. The van der Waals surface area contributed by atoms with E-state index in [4.69, 9.17) is 4.74 Å². The van der Waals surface area contributed by atoms with Gasteiger partial charge in [0.1, 0.15) is 5.82 Å². The molecule has 0 radical (unpaired) electrons. The number of nitro benzene ring substituents is 1. The Kier molecular flexibility index (Phi) is 5.41. The molecule has 0 aromatic heterocycles. The number of non-ortho nitro benzene ring substituents is 1. The monoisotopic (exact) mass is 336 g/mol. The van der Waals surface area contributed by atoms with E-state index in [1.54, 1.807) is 6.07 Å². The Morgan fingerprint density at radius 1 is 1.21 bits per heavy atom. The quantitative estimate of drug-likeness (QED) is 0.647. The normalized spacial score (nSPS) is 10.3. The van der Waals surface area contributed by atoms with Crippen LogP contribution in [-0.4, -0.2) is 17.9 Å². The van der Waals surface area contributed by atoms with Gasteiger partial charge in [0.2, 0.25) is 5.91 Å². The molecule has 0 saturated carbocycles. The van der Waals surface area contributed by atoms with Crippen molar-refractivity contribution in [1.82, 2.24) is 0 Å². The number of carbonyl (C=O) groups is 1. The van der Waals surface area contributed by atoms with Gasteiger partial charge in [0.15, 0.2) is 11.6 Å². The molecular formula is C16H14F2N2O4. The van der Waals surface area contributed by atoms with Crippen LogP contribution in [0.15, 0.2) is 36.4 Å². The molecule has 0 aliphatic heterocycles. The number of rotatable bonds is 6. The molecule has 8 heteroatoms. The van der Waals surface area contributed by atoms with Crippen LogP contribution in [0.4, 0.5) is 20.2 Å². The second-order valence-electron chi connectivity index (χ2n) is 4.94. The second kappa shape index (κ2) is 7.49. The van der Waals surface area contributed by atoms with Gasteiger partial charge in [-0.25, -0.2) is 8.78 Å². The van der Waals surface area contributed by atoms with Crippen LogP contribution in [0.1, 0.15) is 12.0 Å². The predicted molar refractivity (Wildman–Crippen MR) is 83.0 cm³/mol. The molecule has 0 fully saturated rings. The average molecular weight is 336 g/mol. The highest BCUT2D eigenvalue weighted by atomic mass is 19.1. The number of benzene rings is 2. The van der Waals surface area contributed by atoms with Crippen molar-refractivity contribution in [2.24, 2.45) is 0 Å². The number of methoxy groups -OCH3 is 1. The summed E-state index contributed by atoms with van der Waals surface area (Å²) in [7, 11) is 1.35. The molecule has 24 heavy (non-hydrogen) atoms. The number of anilines is 1. The minimum atomic E-state index is -0.774. The molecule has 1 N–H and O–H groups in total. The Bertz CT molecular complexity index is 781. The Morgan fingerprint density at radius 2 is 1.96 bits per heavy atom. The fourth-order valence-electron chi connectivity index (χ4n) is 2.06. The minimum absolute atomic E-state index is 0.0338. The smallest absolute Gasteiger partial charge is 0.271 e. The van der Waals surface area contributed by atoms with Crippen molar-refractivity contribution in [3.63, 3.8) is 0 Å². The number of nitrogens with zero attached hydrogens (tertiary/aromatic N) is 1. The molecule has 0 aliphatic rings. The van der Waals surface area contributed by atoms with Crippen LogP contribution in [0.25, 0.3) is 0 Å². The molecule has 2 aromatic carbocycles. The minimum Gasteiger partial charge on any atom is -0.494 e. The van der Waals surface area contributed by atoms with Crippen molar-refractivity contribution < 1.29 is 23.2 Å². The van der Waals surface area contributed by atoms with Crippen molar-refractivity contribution in [3.8, 4) is 5.75 Å². The number of nitrogens with one attached hydrogen (secondary N) is 1. The molecule has 0 bridgehead atoms. The number of carbonyl (C=O) groups excluding carboxylic acids is 1. The van der Waals surface area contributed by atoms with E-state index in [2.05, 4.69) is 5.32 Å². The van der Waals surface area contributed by atoms with Crippen LogP contribution in [0.3, 0.4) is 0 Å².